The second-order valence-corrected chi connectivity index (χ2v) is 10.4. The Balaban J connectivity index is 1.63. The Kier molecular flexibility index (Phi) is 7.84. The molecule has 32 heavy (non-hydrogen) atoms. The number of aromatic nitrogens is 1. The van der Waals surface area contributed by atoms with E-state index in [4.69, 9.17) is 9.72 Å². The van der Waals surface area contributed by atoms with E-state index in [0.29, 0.717) is 6.54 Å². The van der Waals surface area contributed by atoms with Gasteiger partial charge in [-0.3, -0.25) is 14.6 Å². The molecule has 1 aliphatic rings. The van der Waals surface area contributed by atoms with E-state index in [0.717, 1.165) is 70.8 Å². The van der Waals surface area contributed by atoms with Crippen LogP contribution in [0, 0.1) is 13.8 Å². The molecular weight excluding hydrogens is 438 g/mol. The van der Waals surface area contributed by atoms with Crippen molar-refractivity contribution in [3.8, 4) is 0 Å². The summed E-state index contributed by atoms with van der Waals surface area (Å²) in [6, 6.07) is 12.2. The van der Waals surface area contributed by atoms with Crippen LogP contribution in [-0.2, 0) is 4.74 Å². The van der Waals surface area contributed by atoms with Gasteiger partial charge in [0.1, 0.15) is 0 Å². The van der Waals surface area contributed by atoms with E-state index in [-0.39, 0.29) is 5.91 Å². The molecule has 3 aromatic rings. The van der Waals surface area contributed by atoms with Gasteiger partial charge >= 0.3 is 0 Å². The van der Waals surface area contributed by atoms with Crippen LogP contribution in [0.3, 0.4) is 0 Å². The van der Waals surface area contributed by atoms with E-state index in [9.17, 15) is 4.79 Å². The number of nitrogens with zero attached hydrogens (tertiary/aromatic N) is 3. The molecule has 1 saturated heterocycles. The molecule has 0 spiro atoms. The van der Waals surface area contributed by atoms with E-state index >= 15 is 0 Å². The zero-order chi connectivity index (χ0) is 22.5. The molecule has 0 N–H and O–H groups in total. The van der Waals surface area contributed by atoms with Crippen molar-refractivity contribution in [2.45, 2.75) is 32.1 Å². The van der Waals surface area contributed by atoms with E-state index in [1.807, 2.05) is 29.2 Å². The molecule has 0 radical (unpaired) electrons. The van der Waals surface area contributed by atoms with Gasteiger partial charge in [0, 0.05) is 31.1 Å². The van der Waals surface area contributed by atoms with Crippen LogP contribution in [0.15, 0.2) is 41.3 Å². The summed E-state index contributed by atoms with van der Waals surface area (Å²) in [4.78, 5) is 24.1. The SMILES string of the molecule is CCSc1ccccc1C(=O)N(CCCN1CCOCC1)c1nc2c(C)c(C)ccc2s1. The lowest BCUT2D eigenvalue weighted by atomic mass is 10.1. The molecule has 0 atom stereocenters. The number of carbonyl (C=O) groups excluding carboxylic acids is 1. The second-order valence-electron chi connectivity index (χ2n) is 8.04. The number of ether oxygens (including phenoxy) is 1. The molecule has 1 amide bonds. The lowest BCUT2D eigenvalue weighted by Gasteiger charge is -2.28. The van der Waals surface area contributed by atoms with Crippen LogP contribution in [0.2, 0.25) is 0 Å². The van der Waals surface area contributed by atoms with Crippen LogP contribution in [-0.4, -0.2) is 60.9 Å². The normalized spacial score (nSPS) is 14.7. The van der Waals surface area contributed by atoms with Crippen molar-refractivity contribution in [2.75, 3.05) is 50.0 Å². The van der Waals surface area contributed by atoms with Crippen LogP contribution >= 0.6 is 23.1 Å². The fraction of sp³-hybridized carbons (Fsp3) is 0.440. The van der Waals surface area contributed by atoms with E-state index in [1.165, 1.54) is 11.1 Å². The zero-order valence-electron chi connectivity index (χ0n) is 19.1. The van der Waals surface area contributed by atoms with Crippen molar-refractivity contribution >= 4 is 44.4 Å². The van der Waals surface area contributed by atoms with Crippen molar-refractivity contribution in [3.63, 3.8) is 0 Å². The summed E-state index contributed by atoms with van der Waals surface area (Å²) in [6.07, 6.45) is 0.906. The molecule has 1 aliphatic heterocycles. The Morgan fingerprint density at radius 2 is 1.97 bits per heavy atom. The Morgan fingerprint density at radius 1 is 1.19 bits per heavy atom. The standard InChI is InChI=1S/C25H31N3O2S2/c1-4-31-21-9-6-5-8-20(21)24(29)28(13-7-12-27-14-16-30-17-15-27)25-26-23-19(3)18(2)10-11-22(23)32-25/h5-6,8-11H,4,7,12-17H2,1-3H3. The van der Waals surface area contributed by atoms with Crippen LogP contribution in [0.4, 0.5) is 5.13 Å². The van der Waals surface area contributed by atoms with Crippen LogP contribution in [0.25, 0.3) is 10.2 Å². The maximum atomic E-state index is 13.8. The van der Waals surface area contributed by atoms with Gasteiger partial charge in [0.2, 0.25) is 0 Å². The number of morpholine rings is 1. The number of benzene rings is 2. The molecule has 1 fully saturated rings. The number of fused-ring (bicyclic) bond motifs is 1. The van der Waals surface area contributed by atoms with Crippen molar-refractivity contribution in [1.82, 2.24) is 9.88 Å². The second kappa shape index (κ2) is 10.8. The first-order valence-corrected chi connectivity index (χ1v) is 13.1. The lowest BCUT2D eigenvalue weighted by Crippen LogP contribution is -2.39. The van der Waals surface area contributed by atoms with E-state index < -0.39 is 0 Å². The number of aryl methyl sites for hydroxylation is 2. The lowest BCUT2D eigenvalue weighted by molar-refractivity contribution is 0.0376. The highest BCUT2D eigenvalue weighted by Gasteiger charge is 2.24. The molecule has 170 valence electrons. The third-order valence-electron chi connectivity index (χ3n) is 5.93. The predicted molar refractivity (Wildman–Crippen MR) is 135 cm³/mol. The smallest absolute Gasteiger partial charge is 0.261 e. The Morgan fingerprint density at radius 3 is 2.75 bits per heavy atom. The van der Waals surface area contributed by atoms with Gasteiger partial charge in [-0.05, 0) is 55.3 Å². The molecule has 7 heteroatoms. The number of hydrogen-bond donors (Lipinski definition) is 0. The molecule has 0 bridgehead atoms. The predicted octanol–water partition coefficient (Wildman–Crippen LogP) is 5.39. The van der Waals surface area contributed by atoms with Crippen LogP contribution in [0.1, 0.15) is 34.8 Å². The first-order chi connectivity index (χ1) is 15.6. The maximum absolute atomic E-state index is 13.8. The molecular formula is C25H31N3O2S2. The summed E-state index contributed by atoms with van der Waals surface area (Å²) in [5.41, 5.74) is 4.18. The molecule has 2 heterocycles. The van der Waals surface area contributed by atoms with Crippen molar-refractivity contribution in [3.05, 3.63) is 53.1 Å². The average molecular weight is 470 g/mol. The van der Waals surface area contributed by atoms with Gasteiger partial charge in [-0.15, -0.1) is 11.8 Å². The highest BCUT2D eigenvalue weighted by Crippen LogP contribution is 2.34. The summed E-state index contributed by atoms with van der Waals surface area (Å²) in [6.45, 7) is 11.5. The monoisotopic (exact) mass is 469 g/mol. The Bertz CT molecular complexity index is 1080. The number of thiazole rings is 1. The van der Waals surface area contributed by atoms with Gasteiger partial charge in [-0.2, -0.15) is 0 Å². The zero-order valence-corrected chi connectivity index (χ0v) is 20.7. The van der Waals surface area contributed by atoms with Crippen molar-refractivity contribution in [2.24, 2.45) is 0 Å². The average Bonchev–Trinajstić information content (AvgIpc) is 3.25. The van der Waals surface area contributed by atoms with Crippen LogP contribution in [0.5, 0.6) is 0 Å². The van der Waals surface area contributed by atoms with E-state index in [2.05, 4.69) is 37.8 Å². The fourth-order valence-electron chi connectivity index (χ4n) is 3.96. The van der Waals surface area contributed by atoms with Crippen molar-refractivity contribution < 1.29 is 9.53 Å². The molecule has 0 unspecified atom stereocenters. The first-order valence-electron chi connectivity index (χ1n) is 11.3. The molecule has 2 aromatic carbocycles. The summed E-state index contributed by atoms with van der Waals surface area (Å²) >= 11 is 3.32. The maximum Gasteiger partial charge on any atom is 0.261 e. The largest absolute Gasteiger partial charge is 0.379 e. The van der Waals surface area contributed by atoms with Gasteiger partial charge in [-0.1, -0.05) is 36.5 Å². The molecule has 1 aromatic heterocycles. The fourth-order valence-corrected chi connectivity index (χ4v) is 5.81. The topological polar surface area (TPSA) is 45.7 Å². The van der Waals surface area contributed by atoms with Gasteiger partial charge in [0.05, 0.1) is 29.0 Å². The minimum Gasteiger partial charge on any atom is -0.379 e. The molecule has 0 saturated carbocycles. The van der Waals surface area contributed by atoms with Crippen molar-refractivity contribution in [1.29, 1.82) is 0 Å². The first kappa shape index (κ1) is 23.2. The summed E-state index contributed by atoms with van der Waals surface area (Å²) < 4.78 is 6.60. The third-order valence-corrected chi connectivity index (χ3v) is 7.93. The van der Waals surface area contributed by atoms with Gasteiger partial charge in [0.25, 0.3) is 5.91 Å². The summed E-state index contributed by atoms with van der Waals surface area (Å²) in [5.74, 6) is 0.970. The summed E-state index contributed by atoms with van der Waals surface area (Å²) in [7, 11) is 0. The molecule has 4 rings (SSSR count). The highest BCUT2D eigenvalue weighted by molar-refractivity contribution is 7.99. The number of rotatable bonds is 8. The van der Waals surface area contributed by atoms with Crippen LogP contribution < -0.4 is 4.90 Å². The number of carbonyl (C=O) groups is 1. The number of anilines is 1. The van der Waals surface area contributed by atoms with Gasteiger partial charge in [0.15, 0.2) is 5.13 Å². The van der Waals surface area contributed by atoms with E-state index in [1.54, 1.807) is 23.1 Å². The Hall–Kier alpha value is -1.93. The molecule has 0 aliphatic carbocycles. The molecule has 5 nitrogen and oxygen atoms in total. The number of amides is 1. The summed E-state index contributed by atoms with van der Waals surface area (Å²) in [5, 5.41) is 0.789. The quantitative estimate of drug-likeness (QED) is 0.414. The van der Waals surface area contributed by atoms with Gasteiger partial charge < -0.3 is 4.74 Å². The highest BCUT2D eigenvalue weighted by atomic mass is 32.2. The number of hydrogen-bond acceptors (Lipinski definition) is 6. The minimum atomic E-state index is 0.0389. The minimum absolute atomic E-state index is 0.0389. The Labute approximate surface area is 198 Å². The number of thioether (sulfide) groups is 1. The third kappa shape index (κ3) is 5.17. The van der Waals surface area contributed by atoms with Gasteiger partial charge in [-0.25, -0.2) is 4.98 Å².